The molecule has 1 fully saturated rings. The van der Waals surface area contributed by atoms with Crippen LogP contribution >= 0.6 is 36.4 Å². The Morgan fingerprint density at radius 1 is 0.710 bits per heavy atom. The van der Waals surface area contributed by atoms with Crippen molar-refractivity contribution in [2.45, 2.75) is 25.7 Å². The minimum atomic E-state index is -4.20. The van der Waals surface area contributed by atoms with Crippen molar-refractivity contribution in [1.82, 2.24) is 10.6 Å². The Balaban J connectivity index is -0.000000165. The van der Waals surface area contributed by atoms with Gasteiger partial charge in [0.15, 0.2) is 13.6 Å². The smallest absolute Gasteiger partial charge is 0.770 e. The molecular formula is C12H36Li2N2O11P2S2. The second kappa shape index (κ2) is 26.5. The van der Waals surface area contributed by atoms with Gasteiger partial charge in [-0.25, -0.2) is 0 Å². The quantitative estimate of drug-likeness (QED) is 0.106. The molecule has 0 aromatic heterocycles. The van der Waals surface area contributed by atoms with Gasteiger partial charge in [-0.05, 0) is 50.6 Å². The summed E-state index contributed by atoms with van der Waals surface area (Å²) in [5, 5.41) is 6.45. The average Bonchev–Trinajstić information content (AvgIpc) is 2.45. The van der Waals surface area contributed by atoms with Crippen molar-refractivity contribution in [2.24, 2.45) is 11.8 Å². The molecule has 1 saturated carbocycles. The molecule has 1 aliphatic carbocycles. The van der Waals surface area contributed by atoms with E-state index < -0.39 is 13.6 Å². The summed E-state index contributed by atoms with van der Waals surface area (Å²) < 4.78 is 21.2. The van der Waals surface area contributed by atoms with Gasteiger partial charge in [-0.15, -0.1) is 0 Å². The van der Waals surface area contributed by atoms with E-state index in [1.54, 1.807) is 0 Å². The standard InChI is InChI=1S/C12H28N2O6P2S2.2Li.5H2O/c15-21(16,17)23-7-5-13-9-11-1-2-12(4-3-11)10-14-6-8-24-22(18,19)20;;;;;;;/h11-14H,1-10H2,(H2,15,16,17)(H2,18,19,20);;;5*1H2/q;2*+1;;;;;/p-2. The van der Waals surface area contributed by atoms with E-state index in [0.29, 0.717) is 59.2 Å². The number of nitrogens with one attached hydrogen (secondary N) is 2. The molecule has 2 atom stereocenters. The van der Waals surface area contributed by atoms with Crippen molar-refractivity contribution in [2.75, 3.05) is 37.7 Å². The first-order valence-electron chi connectivity index (χ1n) is 7.94. The summed E-state index contributed by atoms with van der Waals surface area (Å²) in [4.78, 5) is 38.4. The summed E-state index contributed by atoms with van der Waals surface area (Å²) >= 11 is 1.13. The largest absolute Gasteiger partial charge is 1.00 e. The third-order valence-electron chi connectivity index (χ3n) is 3.90. The third-order valence-corrected chi connectivity index (χ3v) is 8.38. The van der Waals surface area contributed by atoms with Crippen molar-refractivity contribution < 1.29 is 93.8 Å². The molecule has 19 heteroatoms. The van der Waals surface area contributed by atoms with E-state index in [9.17, 15) is 18.9 Å². The van der Waals surface area contributed by atoms with Crippen LogP contribution in [0, 0.1) is 11.8 Å². The van der Waals surface area contributed by atoms with Crippen LogP contribution in [0.15, 0.2) is 0 Å². The number of rotatable bonds is 12. The molecule has 14 N–H and O–H groups in total. The molecule has 2 unspecified atom stereocenters. The maximum atomic E-state index is 10.6. The first kappa shape index (κ1) is 49.9. The van der Waals surface area contributed by atoms with Gasteiger partial charge in [0.1, 0.15) is 0 Å². The van der Waals surface area contributed by atoms with Crippen molar-refractivity contribution in [1.29, 1.82) is 0 Å². The van der Waals surface area contributed by atoms with Crippen molar-refractivity contribution in [3.63, 3.8) is 0 Å². The summed E-state index contributed by atoms with van der Waals surface area (Å²) in [6, 6.07) is 0. The Labute approximate surface area is 215 Å². The number of hydrogen-bond donors (Lipinski definition) is 4. The maximum absolute atomic E-state index is 10.6. The van der Waals surface area contributed by atoms with Crippen LogP contribution in [0.2, 0.25) is 0 Å². The zero-order valence-electron chi connectivity index (χ0n) is 18.0. The zero-order valence-corrected chi connectivity index (χ0v) is 21.4. The summed E-state index contributed by atoms with van der Waals surface area (Å²) in [6.45, 7) is -5.55. The van der Waals surface area contributed by atoms with E-state index in [2.05, 4.69) is 10.6 Å². The molecule has 1 rings (SSSR count). The average molecular weight is 524 g/mol. The summed E-state index contributed by atoms with van der Waals surface area (Å²) in [5.41, 5.74) is 0. The predicted octanol–water partition coefficient (Wildman–Crippen LogP) is -9.76. The monoisotopic (exact) mass is 524 g/mol. The molecule has 0 spiro atoms. The first-order valence-corrected chi connectivity index (χ1v) is 14.3. The van der Waals surface area contributed by atoms with Crippen molar-refractivity contribution in [3.05, 3.63) is 0 Å². The summed E-state index contributed by atoms with van der Waals surface area (Å²) in [7, 11) is 0. The molecule has 13 nitrogen and oxygen atoms in total. The number of hydrogen-bond acceptors (Lipinski definition) is 8. The van der Waals surface area contributed by atoms with Gasteiger partial charge in [-0.2, -0.15) is 0 Å². The molecule has 0 bridgehead atoms. The van der Waals surface area contributed by atoms with Gasteiger partial charge in [0.25, 0.3) is 0 Å². The summed E-state index contributed by atoms with van der Waals surface area (Å²) in [5.74, 6) is 1.88. The Morgan fingerprint density at radius 3 is 1.19 bits per heavy atom. The molecule has 184 valence electrons. The van der Waals surface area contributed by atoms with E-state index in [-0.39, 0.29) is 65.1 Å². The van der Waals surface area contributed by atoms with Gasteiger partial charge >= 0.3 is 37.7 Å². The van der Waals surface area contributed by atoms with Gasteiger partial charge in [0.2, 0.25) is 0 Å². The fourth-order valence-corrected chi connectivity index (χ4v) is 5.58. The zero-order chi connectivity index (χ0) is 18.1. The molecule has 0 aromatic rings. The topological polar surface area (TPSA) is 302 Å². The van der Waals surface area contributed by atoms with Crippen molar-refractivity contribution in [3.8, 4) is 0 Å². The molecule has 0 amide bonds. The van der Waals surface area contributed by atoms with Crippen LogP contribution in [-0.2, 0) is 9.13 Å². The van der Waals surface area contributed by atoms with Gasteiger partial charge in [-0.3, -0.25) is 9.13 Å². The molecule has 0 heterocycles. The third kappa shape index (κ3) is 31.9. The minimum absolute atomic E-state index is 0. The molecule has 31 heavy (non-hydrogen) atoms. The first-order chi connectivity index (χ1) is 11.2. The van der Waals surface area contributed by atoms with Gasteiger partial charge < -0.3 is 57.6 Å². The Bertz CT molecular complexity index is 418. The van der Waals surface area contributed by atoms with Crippen LogP contribution in [0.5, 0.6) is 0 Å². The van der Waals surface area contributed by atoms with Crippen LogP contribution in [0.1, 0.15) is 25.7 Å². The van der Waals surface area contributed by atoms with E-state index >= 15 is 0 Å². The second-order valence-corrected chi connectivity index (χ2v) is 13.4. The van der Waals surface area contributed by atoms with Crippen LogP contribution in [0.25, 0.3) is 0 Å². The van der Waals surface area contributed by atoms with E-state index in [0.717, 1.165) is 38.8 Å². The second-order valence-electron chi connectivity index (χ2n) is 5.90. The fraction of sp³-hybridized carbons (Fsp3) is 1.00. The molecule has 0 saturated heterocycles. The van der Waals surface area contributed by atoms with Crippen molar-refractivity contribution >= 4 is 36.4 Å². The predicted molar refractivity (Wildman–Crippen MR) is 114 cm³/mol. The van der Waals surface area contributed by atoms with Gasteiger partial charge in [0.05, 0.1) is 0 Å². The van der Waals surface area contributed by atoms with E-state index in [4.69, 9.17) is 9.79 Å². The minimum Gasteiger partial charge on any atom is -0.770 e. The summed E-state index contributed by atoms with van der Waals surface area (Å²) in [6.07, 6.45) is 4.47. The maximum Gasteiger partial charge on any atom is 1.00 e. The molecule has 1 aliphatic rings. The Kier molecular flexibility index (Phi) is 42.7. The van der Waals surface area contributed by atoms with Crippen LogP contribution < -0.4 is 58.1 Å². The normalized spacial score (nSPS) is 20.6. The van der Waals surface area contributed by atoms with Crippen LogP contribution in [-0.4, -0.2) is 74.9 Å². The molecule has 0 aliphatic heterocycles. The Morgan fingerprint density at radius 2 is 0.968 bits per heavy atom. The van der Waals surface area contributed by atoms with Gasteiger partial charge in [-0.1, -0.05) is 22.8 Å². The SMILES string of the molecule is O.O.O.O.O.O=P([O-])(O)SCCNCC1CCC(CNCCSP(=O)([O-])O)CC1.[Li+].[Li+]. The Hall–Kier alpha value is 1.91. The molecule has 0 aromatic carbocycles. The van der Waals surface area contributed by atoms with E-state index in [1.807, 2.05) is 0 Å². The molecule has 0 radical (unpaired) electrons. The molecular weight excluding hydrogens is 488 g/mol. The van der Waals surface area contributed by atoms with Crippen LogP contribution in [0.4, 0.5) is 0 Å². The fourth-order valence-electron chi connectivity index (χ4n) is 2.72. The van der Waals surface area contributed by atoms with Crippen LogP contribution in [0.3, 0.4) is 0 Å². The van der Waals surface area contributed by atoms with E-state index in [1.165, 1.54) is 0 Å². The van der Waals surface area contributed by atoms with Gasteiger partial charge in [0, 0.05) is 24.6 Å².